The number of aliphatic imine (C=N–C) groups is 1. The van der Waals surface area contributed by atoms with Crippen molar-refractivity contribution in [2.24, 2.45) is 12.0 Å². The van der Waals surface area contributed by atoms with E-state index >= 15 is 0 Å². The first-order chi connectivity index (χ1) is 14.1. The average molecular weight is 398 g/mol. The lowest BCUT2D eigenvalue weighted by molar-refractivity contribution is -0.120. The van der Waals surface area contributed by atoms with E-state index in [1.165, 1.54) is 5.56 Å². The highest BCUT2D eigenvalue weighted by Gasteiger charge is 2.27. The van der Waals surface area contributed by atoms with Crippen LogP contribution in [-0.2, 0) is 18.4 Å². The number of benzene rings is 1. The molecular formula is C21H31N7O. The third-order valence-corrected chi connectivity index (χ3v) is 5.03. The fraction of sp³-hybridized carbons (Fsp3) is 0.476. The van der Waals surface area contributed by atoms with Gasteiger partial charge >= 0.3 is 0 Å². The summed E-state index contributed by atoms with van der Waals surface area (Å²) in [6.07, 6.45) is 4.60. The highest BCUT2D eigenvalue weighted by atomic mass is 16.2. The van der Waals surface area contributed by atoms with Gasteiger partial charge in [0, 0.05) is 46.5 Å². The van der Waals surface area contributed by atoms with Crippen LogP contribution in [0.4, 0.5) is 5.69 Å². The molecule has 8 heteroatoms. The Morgan fingerprint density at radius 3 is 2.72 bits per heavy atom. The lowest BCUT2D eigenvalue weighted by atomic mass is 10.2. The Hall–Kier alpha value is -2.87. The lowest BCUT2D eigenvalue weighted by Gasteiger charge is -2.35. The molecule has 1 aromatic heterocycles. The number of amides is 1. The molecule has 1 aliphatic rings. The van der Waals surface area contributed by atoms with Crippen LogP contribution in [0.5, 0.6) is 0 Å². The molecule has 0 atom stereocenters. The average Bonchev–Trinajstić information content (AvgIpc) is 3.14. The van der Waals surface area contributed by atoms with Crippen molar-refractivity contribution in [3.8, 4) is 0 Å². The summed E-state index contributed by atoms with van der Waals surface area (Å²) in [7, 11) is 5.76. The van der Waals surface area contributed by atoms with Gasteiger partial charge in [-0.2, -0.15) is 5.10 Å². The van der Waals surface area contributed by atoms with Crippen molar-refractivity contribution in [3.63, 3.8) is 0 Å². The van der Waals surface area contributed by atoms with Gasteiger partial charge in [-0.25, -0.2) is 0 Å². The van der Waals surface area contributed by atoms with E-state index in [0.717, 1.165) is 44.2 Å². The summed E-state index contributed by atoms with van der Waals surface area (Å²) >= 11 is 0. The number of hydrogen-bond acceptors (Lipinski definition) is 4. The molecule has 1 saturated heterocycles. The van der Waals surface area contributed by atoms with Gasteiger partial charge in [0.15, 0.2) is 5.96 Å². The van der Waals surface area contributed by atoms with Gasteiger partial charge in [0.05, 0.1) is 11.9 Å². The van der Waals surface area contributed by atoms with Crippen LogP contribution >= 0.6 is 0 Å². The van der Waals surface area contributed by atoms with E-state index in [9.17, 15) is 4.79 Å². The van der Waals surface area contributed by atoms with E-state index < -0.39 is 0 Å². The largest absolute Gasteiger partial charge is 0.356 e. The Labute approximate surface area is 172 Å². The second kappa shape index (κ2) is 10.1. The fourth-order valence-electron chi connectivity index (χ4n) is 3.53. The summed E-state index contributed by atoms with van der Waals surface area (Å²) in [6, 6.07) is 10.5. The van der Waals surface area contributed by atoms with Crippen molar-refractivity contribution < 1.29 is 4.79 Å². The molecule has 0 radical (unpaired) electrons. The number of carbonyl (C=O) groups excluding carboxylic acids is 1. The first-order valence-electron chi connectivity index (χ1n) is 10.0. The summed E-state index contributed by atoms with van der Waals surface area (Å²) < 4.78 is 1.71. The molecule has 2 aromatic rings. The van der Waals surface area contributed by atoms with Crippen LogP contribution in [-0.4, -0.2) is 78.3 Å². The van der Waals surface area contributed by atoms with Crippen LogP contribution in [0.1, 0.15) is 12.0 Å². The Kier molecular flexibility index (Phi) is 7.24. The molecule has 1 fully saturated rings. The number of guanidine groups is 1. The molecule has 1 aromatic carbocycles. The number of nitrogens with one attached hydrogen (secondary N) is 1. The molecule has 0 saturated carbocycles. The molecule has 0 bridgehead atoms. The Morgan fingerprint density at radius 2 is 2.07 bits per heavy atom. The van der Waals surface area contributed by atoms with E-state index in [1.54, 1.807) is 22.8 Å². The lowest BCUT2D eigenvalue weighted by Crippen LogP contribution is -2.55. The Balaban J connectivity index is 1.41. The third-order valence-electron chi connectivity index (χ3n) is 5.03. The second-order valence-electron chi connectivity index (χ2n) is 7.39. The van der Waals surface area contributed by atoms with Gasteiger partial charge in [-0.05, 0) is 25.6 Å². The van der Waals surface area contributed by atoms with E-state index in [-0.39, 0.29) is 5.91 Å². The minimum absolute atomic E-state index is 0.0646. The van der Waals surface area contributed by atoms with Crippen LogP contribution in [0.3, 0.4) is 0 Å². The molecule has 8 nitrogen and oxygen atoms in total. The molecule has 0 aliphatic carbocycles. The van der Waals surface area contributed by atoms with Crippen molar-refractivity contribution in [2.45, 2.75) is 13.0 Å². The normalized spacial score (nSPS) is 15.3. The maximum atomic E-state index is 12.6. The fourth-order valence-corrected chi connectivity index (χ4v) is 3.53. The maximum absolute atomic E-state index is 12.6. The molecule has 2 heterocycles. The summed E-state index contributed by atoms with van der Waals surface area (Å²) in [5.41, 5.74) is 2.17. The SMILES string of the molecule is CN=C(NCCCN(C)Cc1ccccc1)N1CCN(c2cnn(C)c2)C(=O)C1. The molecule has 1 amide bonds. The van der Waals surface area contributed by atoms with Gasteiger partial charge in [0.1, 0.15) is 6.54 Å². The predicted octanol–water partition coefficient (Wildman–Crippen LogP) is 1.17. The highest BCUT2D eigenvalue weighted by Crippen LogP contribution is 2.16. The number of aromatic nitrogens is 2. The van der Waals surface area contributed by atoms with Crippen molar-refractivity contribution in [3.05, 3.63) is 48.3 Å². The van der Waals surface area contributed by atoms with Crippen molar-refractivity contribution in [2.75, 3.05) is 51.7 Å². The summed E-state index contributed by atoms with van der Waals surface area (Å²) in [5, 5.41) is 7.56. The highest BCUT2D eigenvalue weighted by molar-refractivity contribution is 5.98. The zero-order chi connectivity index (χ0) is 20.6. The van der Waals surface area contributed by atoms with Crippen molar-refractivity contribution >= 4 is 17.6 Å². The van der Waals surface area contributed by atoms with Gasteiger partial charge in [-0.15, -0.1) is 0 Å². The van der Waals surface area contributed by atoms with E-state index in [2.05, 4.69) is 51.6 Å². The third kappa shape index (κ3) is 5.80. The van der Waals surface area contributed by atoms with Crippen LogP contribution in [0.15, 0.2) is 47.7 Å². The molecule has 3 rings (SSSR count). The number of carbonyl (C=O) groups is 1. The minimum atomic E-state index is 0.0646. The standard InChI is InChI=1S/C21H31N7O/c1-22-21(23-10-7-11-25(2)15-18-8-5-4-6-9-18)27-12-13-28(20(29)17-27)19-14-24-26(3)16-19/h4-6,8-9,14,16H,7,10-13,15,17H2,1-3H3,(H,22,23). The van der Waals surface area contributed by atoms with Crippen molar-refractivity contribution in [1.82, 2.24) is 24.9 Å². The summed E-state index contributed by atoms with van der Waals surface area (Å²) in [4.78, 5) is 23.1. The number of anilines is 1. The molecular weight excluding hydrogens is 366 g/mol. The Bertz CT molecular complexity index is 817. The number of aryl methyl sites for hydroxylation is 1. The van der Waals surface area contributed by atoms with Crippen LogP contribution in [0.25, 0.3) is 0 Å². The van der Waals surface area contributed by atoms with Gasteiger partial charge < -0.3 is 20.0 Å². The maximum Gasteiger partial charge on any atom is 0.246 e. The van der Waals surface area contributed by atoms with Gasteiger partial charge in [-0.3, -0.25) is 14.5 Å². The second-order valence-corrected chi connectivity index (χ2v) is 7.39. The quantitative estimate of drug-likeness (QED) is 0.431. The number of rotatable bonds is 7. The molecule has 29 heavy (non-hydrogen) atoms. The zero-order valence-corrected chi connectivity index (χ0v) is 17.6. The molecule has 1 N–H and O–H groups in total. The topological polar surface area (TPSA) is 69.0 Å². The molecule has 0 spiro atoms. The first kappa shape index (κ1) is 20.9. The summed E-state index contributed by atoms with van der Waals surface area (Å²) in [6.45, 7) is 4.46. The van der Waals surface area contributed by atoms with Gasteiger partial charge in [-0.1, -0.05) is 30.3 Å². The first-order valence-corrected chi connectivity index (χ1v) is 10.0. The van der Waals surface area contributed by atoms with E-state index in [1.807, 2.05) is 24.2 Å². The van der Waals surface area contributed by atoms with Crippen LogP contribution < -0.4 is 10.2 Å². The molecule has 1 aliphatic heterocycles. The van der Waals surface area contributed by atoms with Gasteiger partial charge in [0.2, 0.25) is 5.91 Å². The van der Waals surface area contributed by atoms with Crippen LogP contribution in [0, 0.1) is 0 Å². The molecule has 156 valence electrons. The number of nitrogens with zero attached hydrogens (tertiary/aromatic N) is 6. The Morgan fingerprint density at radius 1 is 1.28 bits per heavy atom. The monoisotopic (exact) mass is 397 g/mol. The smallest absolute Gasteiger partial charge is 0.246 e. The summed E-state index contributed by atoms with van der Waals surface area (Å²) in [5.74, 6) is 0.852. The van der Waals surface area contributed by atoms with Gasteiger partial charge in [0.25, 0.3) is 0 Å². The number of hydrogen-bond donors (Lipinski definition) is 1. The van der Waals surface area contributed by atoms with E-state index in [0.29, 0.717) is 13.1 Å². The molecule has 0 unspecified atom stereocenters. The van der Waals surface area contributed by atoms with Crippen molar-refractivity contribution in [1.29, 1.82) is 0 Å². The predicted molar refractivity (Wildman–Crippen MR) is 116 cm³/mol. The number of piperazine rings is 1. The van der Waals surface area contributed by atoms with Crippen LogP contribution in [0.2, 0.25) is 0 Å². The van der Waals surface area contributed by atoms with E-state index in [4.69, 9.17) is 0 Å². The minimum Gasteiger partial charge on any atom is -0.356 e. The zero-order valence-electron chi connectivity index (χ0n) is 17.6.